The number of hydrogen-bond acceptors (Lipinski definition) is 4. The molecule has 0 spiro atoms. The molecular formula is C27H17BrClNO2S2. The maximum absolute atomic E-state index is 13.3. The fourth-order valence-electron chi connectivity index (χ4n) is 3.70. The third kappa shape index (κ3) is 4.77. The van der Waals surface area contributed by atoms with E-state index in [0.717, 1.165) is 37.8 Å². The highest BCUT2D eigenvalue weighted by molar-refractivity contribution is 9.10. The van der Waals surface area contributed by atoms with E-state index in [1.54, 1.807) is 4.90 Å². The molecular weight excluding hydrogens is 550 g/mol. The summed E-state index contributed by atoms with van der Waals surface area (Å²) in [7, 11) is 0. The van der Waals surface area contributed by atoms with Crippen molar-refractivity contribution in [2.75, 3.05) is 4.90 Å². The molecule has 0 N–H and O–H groups in total. The van der Waals surface area contributed by atoms with Crippen LogP contribution in [0.4, 0.5) is 5.69 Å². The Bertz CT molecular complexity index is 1450. The maximum Gasteiger partial charge on any atom is 0.270 e. The summed E-state index contributed by atoms with van der Waals surface area (Å²) in [5.41, 5.74) is 2.71. The lowest BCUT2D eigenvalue weighted by Crippen LogP contribution is -2.27. The predicted octanol–water partition coefficient (Wildman–Crippen LogP) is 8.24. The largest absolute Gasteiger partial charge is 0.488 e. The fraction of sp³-hybridized carbons (Fsp3) is 0.0370. The van der Waals surface area contributed by atoms with Crippen LogP contribution >= 0.6 is 51.5 Å². The average Bonchev–Trinajstić information content (AvgIpc) is 3.11. The second kappa shape index (κ2) is 9.92. The molecule has 1 fully saturated rings. The third-order valence-corrected chi connectivity index (χ3v) is 7.54. The van der Waals surface area contributed by atoms with Gasteiger partial charge in [-0.05, 0) is 68.9 Å². The van der Waals surface area contributed by atoms with Crippen molar-refractivity contribution in [3.05, 3.63) is 110 Å². The Kier molecular flexibility index (Phi) is 6.75. The van der Waals surface area contributed by atoms with Crippen molar-refractivity contribution in [2.45, 2.75) is 6.61 Å². The number of anilines is 1. The minimum Gasteiger partial charge on any atom is -0.488 e. The smallest absolute Gasteiger partial charge is 0.270 e. The van der Waals surface area contributed by atoms with Gasteiger partial charge >= 0.3 is 0 Å². The van der Waals surface area contributed by atoms with Gasteiger partial charge in [-0.2, -0.15) is 0 Å². The molecule has 34 heavy (non-hydrogen) atoms. The average molecular weight is 567 g/mol. The molecule has 5 rings (SSSR count). The Morgan fingerprint density at radius 1 is 1.00 bits per heavy atom. The van der Waals surface area contributed by atoms with Crippen LogP contribution in [0.2, 0.25) is 5.02 Å². The number of carbonyl (C=O) groups excluding carboxylic acids is 1. The van der Waals surface area contributed by atoms with Crippen molar-refractivity contribution in [1.82, 2.24) is 0 Å². The molecule has 1 heterocycles. The number of carbonyl (C=O) groups is 1. The van der Waals surface area contributed by atoms with E-state index in [1.807, 2.05) is 91.0 Å². The molecule has 168 valence electrons. The summed E-state index contributed by atoms with van der Waals surface area (Å²) in [6.45, 7) is 0.429. The highest BCUT2D eigenvalue weighted by Crippen LogP contribution is 2.39. The molecule has 0 aromatic heterocycles. The minimum absolute atomic E-state index is 0.120. The van der Waals surface area contributed by atoms with Crippen LogP contribution in [0.15, 0.2) is 94.3 Å². The van der Waals surface area contributed by atoms with E-state index in [2.05, 4.69) is 15.9 Å². The molecule has 0 atom stereocenters. The summed E-state index contributed by atoms with van der Waals surface area (Å²) in [4.78, 5) is 15.5. The third-order valence-electron chi connectivity index (χ3n) is 5.36. The van der Waals surface area contributed by atoms with Crippen LogP contribution in [-0.2, 0) is 11.4 Å². The van der Waals surface area contributed by atoms with Gasteiger partial charge in [-0.1, -0.05) is 90.2 Å². The number of amides is 1. The first-order valence-electron chi connectivity index (χ1n) is 10.4. The Balaban J connectivity index is 1.36. The molecule has 0 saturated carbocycles. The zero-order valence-electron chi connectivity index (χ0n) is 17.7. The maximum atomic E-state index is 13.3. The molecule has 3 nitrogen and oxygen atoms in total. The summed E-state index contributed by atoms with van der Waals surface area (Å²) in [5.74, 6) is 0.598. The Labute approximate surface area is 220 Å². The Morgan fingerprint density at radius 2 is 1.76 bits per heavy atom. The highest BCUT2D eigenvalue weighted by Gasteiger charge is 2.34. The van der Waals surface area contributed by atoms with E-state index in [0.29, 0.717) is 20.9 Å². The summed E-state index contributed by atoms with van der Waals surface area (Å²) in [5, 5.41) is 2.75. The van der Waals surface area contributed by atoms with Gasteiger partial charge in [-0.3, -0.25) is 9.69 Å². The monoisotopic (exact) mass is 565 g/mol. The topological polar surface area (TPSA) is 29.5 Å². The standard InChI is InChI=1S/C27H17BrClNO2S2/c28-22-14-18(10-13-24(22)32-16-17-8-11-20(29)12-9-17)15-25-26(31)30(27(33)34-25)23-7-3-5-19-4-1-2-6-21(19)23/h1-15H,16H2/b25-15-. The van der Waals surface area contributed by atoms with Crippen molar-refractivity contribution < 1.29 is 9.53 Å². The second-order valence-electron chi connectivity index (χ2n) is 7.62. The van der Waals surface area contributed by atoms with E-state index in [1.165, 1.54) is 11.8 Å². The molecule has 0 bridgehead atoms. The zero-order chi connectivity index (χ0) is 23.7. The highest BCUT2D eigenvalue weighted by atomic mass is 79.9. The number of fused-ring (bicyclic) bond motifs is 1. The van der Waals surface area contributed by atoms with Gasteiger partial charge in [0, 0.05) is 10.4 Å². The number of thioether (sulfide) groups is 1. The quantitative estimate of drug-likeness (QED) is 0.180. The van der Waals surface area contributed by atoms with Gasteiger partial charge in [-0.25, -0.2) is 0 Å². The second-order valence-corrected chi connectivity index (χ2v) is 10.6. The number of ether oxygens (including phenoxy) is 1. The fourth-order valence-corrected chi connectivity index (χ4v) is 5.62. The van der Waals surface area contributed by atoms with Crippen LogP contribution in [-0.4, -0.2) is 10.2 Å². The molecule has 1 aliphatic rings. The van der Waals surface area contributed by atoms with Crippen molar-refractivity contribution in [3.8, 4) is 5.75 Å². The summed E-state index contributed by atoms with van der Waals surface area (Å²) < 4.78 is 7.26. The zero-order valence-corrected chi connectivity index (χ0v) is 21.7. The van der Waals surface area contributed by atoms with Gasteiger partial charge in [0.05, 0.1) is 15.1 Å². The van der Waals surface area contributed by atoms with Crippen LogP contribution in [0.5, 0.6) is 5.75 Å². The summed E-state index contributed by atoms with van der Waals surface area (Å²) >= 11 is 16.4. The van der Waals surface area contributed by atoms with Gasteiger partial charge in [0.15, 0.2) is 4.32 Å². The summed E-state index contributed by atoms with van der Waals surface area (Å²) in [6.07, 6.45) is 1.86. The van der Waals surface area contributed by atoms with Crippen molar-refractivity contribution in [2.24, 2.45) is 0 Å². The molecule has 1 saturated heterocycles. The van der Waals surface area contributed by atoms with Crippen molar-refractivity contribution >= 4 is 84.3 Å². The first-order chi connectivity index (χ1) is 16.5. The number of thiocarbonyl (C=S) groups is 1. The molecule has 4 aromatic carbocycles. The number of rotatable bonds is 5. The molecule has 0 aliphatic carbocycles. The lowest BCUT2D eigenvalue weighted by Gasteiger charge is -2.17. The van der Waals surface area contributed by atoms with Gasteiger partial charge in [0.2, 0.25) is 0 Å². The molecule has 0 radical (unpaired) electrons. The van der Waals surface area contributed by atoms with Crippen LogP contribution in [0.25, 0.3) is 16.8 Å². The molecule has 1 amide bonds. The van der Waals surface area contributed by atoms with E-state index >= 15 is 0 Å². The number of hydrogen-bond donors (Lipinski definition) is 0. The van der Waals surface area contributed by atoms with E-state index in [9.17, 15) is 4.79 Å². The van der Waals surface area contributed by atoms with E-state index in [4.69, 9.17) is 28.6 Å². The van der Waals surface area contributed by atoms with Crippen LogP contribution in [0.3, 0.4) is 0 Å². The van der Waals surface area contributed by atoms with E-state index in [-0.39, 0.29) is 5.91 Å². The minimum atomic E-state index is -0.120. The lowest BCUT2D eigenvalue weighted by atomic mass is 10.1. The van der Waals surface area contributed by atoms with Crippen LogP contribution < -0.4 is 9.64 Å². The normalized spacial score (nSPS) is 14.9. The number of halogens is 2. The Morgan fingerprint density at radius 3 is 2.56 bits per heavy atom. The Hall–Kier alpha value is -2.64. The first-order valence-corrected chi connectivity index (χ1v) is 12.8. The van der Waals surface area contributed by atoms with Gasteiger partial charge < -0.3 is 4.74 Å². The number of benzene rings is 4. The lowest BCUT2D eigenvalue weighted by molar-refractivity contribution is -0.113. The number of nitrogens with zero attached hydrogens (tertiary/aromatic N) is 1. The molecule has 7 heteroatoms. The van der Waals surface area contributed by atoms with Gasteiger partial charge in [-0.15, -0.1) is 0 Å². The van der Waals surface area contributed by atoms with E-state index < -0.39 is 0 Å². The SMILES string of the molecule is O=C1/C(=C/c2ccc(OCc3ccc(Cl)cc3)c(Br)c2)SC(=S)N1c1cccc2ccccc12. The van der Waals surface area contributed by atoms with Gasteiger partial charge in [0.1, 0.15) is 12.4 Å². The van der Waals surface area contributed by atoms with Crippen LogP contribution in [0.1, 0.15) is 11.1 Å². The first kappa shape index (κ1) is 23.1. The predicted molar refractivity (Wildman–Crippen MR) is 150 cm³/mol. The molecule has 1 aliphatic heterocycles. The van der Waals surface area contributed by atoms with Crippen LogP contribution in [0, 0.1) is 0 Å². The van der Waals surface area contributed by atoms with Crippen molar-refractivity contribution in [3.63, 3.8) is 0 Å². The molecule has 4 aromatic rings. The van der Waals surface area contributed by atoms with Gasteiger partial charge in [0.25, 0.3) is 5.91 Å². The molecule has 0 unspecified atom stereocenters. The van der Waals surface area contributed by atoms with Crippen molar-refractivity contribution in [1.29, 1.82) is 0 Å². The summed E-state index contributed by atoms with van der Waals surface area (Å²) in [6, 6.07) is 27.2.